The van der Waals surface area contributed by atoms with Gasteiger partial charge in [0, 0.05) is 32.3 Å². The minimum absolute atomic E-state index is 0.135. The highest BCUT2D eigenvalue weighted by Gasteiger charge is 2.36. The minimum Gasteiger partial charge on any atom is -0.380 e. The van der Waals surface area contributed by atoms with E-state index in [0.717, 1.165) is 26.1 Å². The zero-order chi connectivity index (χ0) is 11.7. The molecule has 2 N–H and O–H groups in total. The van der Waals surface area contributed by atoms with Gasteiger partial charge in [0.25, 0.3) is 0 Å². The molecule has 0 aromatic carbocycles. The number of nitrogens with zero attached hydrogens (tertiary/aromatic N) is 1. The summed E-state index contributed by atoms with van der Waals surface area (Å²) in [5.41, 5.74) is 6.19. The highest BCUT2D eigenvalue weighted by atomic mass is 16.5. The van der Waals surface area contributed by atoms with Crippen LogP contribution in [-0.2, 0) is 4.74 Å². The lowest BCUT2D eigenvalue weighted by atomic mass is 9.75. The molecule has 0 aliphatic carbocycles. The van der Waals surface area contributed by atoms with E-state index < -0.39 is 0 Å². The van der Waals surface area contributed by atoms with Crippen molar-refractivity contribution < 1.29 is 4.74 Å². The van der Waals surface area contributed by atoms with Crippen molar-refractivity contribution in [2.75, 3.05) is 26.7 Å². The number of likely N-dealkylation sites (tertiary alicyclic amines) is 1. The van der Waals surface area contributed by atoms with Crippen molar-refractivity contribution in [1.29, 1.82) is 0 Å². The van der Waals surface area contributed by atoms with Gasteiger partial charge in [0.05, 0.1) is 6.10 Å². The highest BCUT2D eigenvalue weighted by Crippen LogP contribution is 2.30. The van der Waals surface area contributed by atoms with Crippen LogP contribution in [0.25, 0.3) is 0 Å². The monoisotopic (exact) mass is 214 g/mol. The van der Waals surface area contributed by atoms with Crippen molar-refractivity contribution in [3.63, 3.8) is 0 Å². The van der Waals surface area contributed by atoms with Crippen LogP contribution in [0, 0.1) is 5.41 Å². The first kappa shape index (κ1) is 12.9. The Morgan fingerprint density at radius 1 is 1.33 bits per heavy atom. The Kier molecular flexibility index (Phi) is 3.80. The van der Waals surface area contributed by atoms with Crippen molar-refractivity contribution in [1.82, 2.24) is 4.90 Å². The smallest absolute Gasteiger partial charge is 0.0710 e. The van der Waals surface area contributed by atoms with Gasteiger partial charge in [-0.1, -0.05) is 13.8 Å². The fraction of sp³-hybridized carbons (Fsp3) is 1.00. The maximum atomic E-state index is 6.20. The zero-order valence-electron chi connectivity index (χ0n) is 10.8. The van der Waals surface area contributed by atoms with Crippen LogP contribution in [-0.4, -0.2) is 43.3 Å². The lowest BCUT2D eigenvalue weighted by Crippen LogP contribution is -2.52. The van der Waals surface area contributed by atoms with Gasteiger partial charge >= 0.3 is 0 Å². The summed E-state index contributed by atoms with van der Waals surface area (Å²) < 4.78 is 5.37. The van der Waals surface area contributed by atoms with Gasteiger partial charge in [0.2, 0.25) is 0 Å². The fourth-order valence-corrected chi connectivity index (χ4v) is 1.90. The van der Waals surface area contributed by atoms with Crippen LogP contribution in [0.5, 0.6) is 0 Å². The van der Waals surface area contributed by atoms with E-state index in [1.54, 1.807) is 7.11 Å². The summed E-state index contributed by atoms with van der Waals surface area (Å²) >= 11 is 0. The Balaban J connectivity index is 2.49. The van der Waals surface area contributed by atoms with Crippen LogP contribution >= 0.6 is 0 Å². The topological polar surface area (TPSA) is 38.5 Å². The number of hydrogen-bond donors (Lipinski definition) is 1. The Bertz CT molecular complexity index is 208. The summed E-state index contributed by atoms with van der Waals surface area (Å²) in [5.74, 6) is 0. The number of methoxy groups -OCH3 is 1. The molecule has 1 aliphatic heterocycles. The fourth-order valence-electron chi connectivity index (χ4n) is 1.90. The summed E-state index contributed by atoms with van der Waals surface area (Å²) in [7, 11) is 1.80. The number of nitrogens with two attached hydrogens (primary N) is 1. The third-order valence-electron chi connectivity index (χ3n) is 3.93. The Hall–Kier alpha value is -0.120. The Morgan fingerprint density at radius 3 is 2.33 bits per heavy atom. The normalized spacial score (nSPS) is 24.8. The molecule has 1 atom stereocenters. The summed E-state index contributed by atoms with van der Waals surface area (Å²) in [6.45, 7) is 11.9. The Morgan fingerprint density at radius 2 is 1.93 bits per heavy atom. The SMILES string of the molecule is COC1CCN(CC(C)(C)C(C)(C)N)C1. The molecule has 0 aromatic rings. The predicted molar refractivity (Wildman–Crippen MR) is 63.9 cm³/mol. The predicted octanol–water partition coefficient (Wildman–Crippen LogP) is 1.47. The first-order valence-corrected chi connectivity index (χ1v) is 5.80. The number of hydrogen-bond acceptors (Lipinski definition) is 3. The molecule has 0 aromatic heterocycles. The molecule has 1 heterocycles. The zero-order valence-corrected chi connectivity index (χ0v) is 10.8. The molecule has 0 spiro atoms. The van der Waals surface area contributed by atoms with Gasteiger partial charge in [-0.3, -0.25) is 0 Å². The van der Waals surface area contributed by atoms with Crippen LogP contribution in [0.1, 0.15) is 34.1 Å². The highest BCUT2D eigenvalue weighted by molar-refractivity contribution is 4.93. The first-order chi connectivity index (χ1) is 6.76. The van der Waals surface area contributed by atoms with Crippen molar-refractivity contribution >= 4 is 0 Å². The van der Waals surface area contributed by atoms with E-state index in [2.05, 4.69) is 32.6 Å². The van der Waals surface area contributed by atoms with E-state index in [9.17, 15) is 0 Å². The molecule has 0 saturated carbocycles. The number of rotatable bonds is 4. The Labute approximate surface area is 94.0 Å². The van der Waals surface area contributed by atoms with Crippen LogP contribution in [0.2, 0.25) is 0 Å². The van der Waals surface area contributed by atoms with Gasteiger partial charge < -0.3 is 15.4 Å². The molecule has 3 nitrogen and oxygen atoms in total. The van der Waals surface area contributed by atoms with E-state index in [0.29, 0.717) is 6.10 Å². The van der Waals surface area contributed by atoms with Crippen LogP contribution < -0.4 is 5.73 Å². The summed E-state index contributed by atoms with van der Waals surface area (Å²) in [6.07, 6.45) is 1.57. The molecule has 90 valence electrons. The molecule has 0 amide bonds. The van der Waals surface area contributed by atoms with E-state index in [1.807, 2.05) is 0 Å². The molecule has 3 heteroatoms. The van der Waals surface area contributed by atoms with Gasteiger partial charge in [-0.05, 0) is 25.7 Å². The molecule has 0 bridgehead atoms. The minimum atomic E-state index is -0.141. The van der Waals surface area contributed by atoms with Gasteiger partial charge in [-0.15, -0.1) is 0 Å². The van der Waals surface area contributed by atoms with E-state index in [-0.39, 0.29) is 11.0 Å². The maximum Gasteiger partial charge on any atom is 0.0710 e. The second-order valence-electron chi connectivity index (χ2n) is 5.99. The molecule has 0 radical (unpaired) electrons. The lowest BCUT2D eigenvalue weighted by molar-refractivity contribution is 0.0880. The average Bonchev–Trinajstić information content (AvgIpc) is 2.49. The molecule has 1 aliphatic rings. The summed E-state index contributed by atoms with van der Waals surface area (Å²) in [4.78, 5) is 2.46. The van der Waals surface area contributed by atoms with Gasteiger partial charge in [0.1, 0.15) is 0 Å². The molecule has 1 saturated heterocycles. The second kappa shape index (κ2) is 4.40. The van der Waals surface area contributed by atoms with Gasteiger partial charge in [0.15, 0.2) is 0 Å². The van der Waals surface area contributed by atoms with Crippen LogP contribution in [0.4, 0.5) is 0 Å². The van der Waals surface area contributed by atoms with E-state index in [1.165, 1.54) is 0 Å². The molecule has 1 fully saturated rings. The average molecular weight is 214 g/mol. The first-order valence-electron chi connectivity index (χ1n) is 5.80. The third-order valence-corrected chi connectivity index (χ3v) is 3.93. The molecule has 15 heavy (non-hydrogen) atoms. The van der Waals surface area contributed by atoms with E-state index >= 15 is 0 Å². The van der Waals surface area contributed by atoms with Gasteiger partial charge in [-0.25, -0.2) is 0 Å². The van der Waals surface area contributed by atoms with E-state index in [4.69, 9.17) is 10.5 Å². The standard InChI is InChI=1S/C12H26N2O/c1-11(2,12(3,4)13)9-14-7-6-10(8-14)15-5/h10H,6-9,13H2,1-5H3. The van der Waals surface area contributed by atoms with Gasteiger partial charge in [-0.2, -0.15) is 0 Å². The lowest BCUT2D eigenvalue weighted by Gasteiger charge is -2.41. The maximum absolute atomic E-state index is 6.20. The molecular weight excluding hydrogens is 188 g/mol. The van der Waals surface area contributed by atoms with Crippen molar-refractivity contribution in [3.05, 3.63) is 0 Å². The van der Waals surface area contributed by atoms with Crippen molar-refractivity contribution in [2.45, 2.75) is 45.8 Å². The van der Waals surface area contributed by atoms with Crippen molar-refractivity contribution in [3.8, 4) is 0 Å². The van der Waals surface area contributed by atoms with Crippen molar-refractivity contribution in [2.24, 2.45) is 11.1 Å². The molecule has 1 rings (SSSR count). The second-order valence-corrected chi connectivity index (χ2v) is 5.99. The number of ether oxygens (including phenoxy) is 1. The quantitative estimate of drug-likeness (QED) is 0.770. The largest absolute Gasteiger partial charge is 0.380 e. The third kappa shape index (κ3) is 3.16. The molecular formula is C12H26N2O. The van der Waals surface area contributed by atoms with Crippen LogP contribution in [0.15, 0.2) is 0 Å². The summed E-state index contributed by atoms with van der Waals surface area (Å²) in [5, 5.41) is 0. The molecule has 1 unspecified atom stereocenters. The summed E-state index contributed by atoms with van der Waals surface area (Å²) in [6, 6.07) is 0. The van der Waals surface area contributed by atoms with Crippen LogP contribution in [0.3, 0.4) is 0 Å².